The zero-order valence-electron chi connectivity index (χ0n) is 20.1. The molecule has 0 aliphatic heterocycles. The lowest BCUT2D eigenvalue weighted by Crippen LogP contribution is -2.44. The second-order valence-electron chi connectivity index (χ2n) is 9.99. The van der Waals surface area contributed by atoms with Crippen LogP contribution in [0, 0.1) is 0 Å². The molecule has 0 bridgehead atoms. The van der Waals surface area contributed by atoms with E-state index in [9.17, 15) is 14.4 Å². The Hall–Kier alpha value is -1.87. The van der Waals surface area contributed by atoms with E-state index in [-0.39, 0.29) is 25.0 Å². The quantitative estimate of drug-likeness (QED) is 0.308. The Labute approximate surface area is 181 Å². The first-order chi connectivity index (χ1) is 13.5. The molecule has 0 atom stereocenters. The zero-order chi connectivity index (χ0) is 23.6. The molecule has 0 unspecified atom stereocenters. The van der Waals surface area contributed by atoms with Gasteiger partial charge in [0.2, 0.25) is 0 Å². The van der Waals surface area contributed by atoms with Crippen LogP contribution in [0.4, 0.5) is 4.79 Å². The highest BCUT2D eigenvalue weighted by atomic mass is 16.6. The van der Waals surface area contributed by atoms with Crippen LogP contribution in [0.25, 0.3) is 0 Å². The summed E-state index contributed by atoms with van der Waals surface area (Å²) in [6.45, 7) is 17.8. The maximum atomic E-state index is 12.5. The number of amides is 1. The second kappa shape index (κ2) is 12.1. The normalized spacial score (nSPS) is 12.3. The Kier molecular flexibility index (Phi) is 11.3. The van der Waals surface area contributed by atoms with Gasteiger partial charge >= 0.3 is 18.0 Å². The first-order valence-electron chi connectivity index (χ1n) is 10.3. The van der Waals surface area contributed by atoms with Gasteiger partial charge in [-0.05, 0) is 62.3 Å². The van der Waals surface area contributed by atoms with Gasteiger partial charge in [-0.25, -0.2) is 4.79 Å². The van der Waals surface area contributed by atoms with E-state index in [1.165, 1.54) is 4.90 Å². The van der Waals surface area contributed by atoms with Crippen molar-refractivity contribution < 1.29 is 28.6 Å². The first kappa shape index (κ1) is 28.1. The average molecular weight is 432 g/mol. The Morgan fingerprint density at radius 1 is 0.633 bits per heavy atom. The number of nitrogens with zero attached hydrogens (tertiary/aromatic N) is 1. The van der Waals surface area contributed by atoms with E-state index in [4.69, 9.17) is 14.2 Å². The molecule has 0 aromatic heterocycles. The zero-order valence-corrected chi connectivity index (χ0v) is 20.1. The number of hydrogen-bond donors (Lipinski definition) is 2. The predicted octanol–water partition coefficient (Wildman–Crippen LogP) is 2.09. The second-order valence-corrected chi connectivity index (χ2v) is 9.99. The number of carbonyl (C=O) groups excluding carboxylic acids is 3. The van der Waals surface area contributed by atoms with Crippen LogP contribution in [0.15, 0.2) is 0 Å². The molecule has 0 radical (unpaired) electrons. The van der Waals surface area contributed by atoms with Crippen LogP contribution in [0.5, 0.6) is 0 Å². The van der Waals surface area contributed by atoms with E-state index >= 15 is 0 Å². The van der Waals surface area contributed by atoms with Gasteiger partial charge in [0, 0.05) is 26.2 Å². The summed E-state index contributed by atoms with van der Waals surface area (Å²) in [5.74, 6) is -0.712. The third kappa shape index (κ3) is 17.0. The highest BCUT2D eigenvalue weighted by Crippen LogP contribution is 2.10. The summed E-state index contributed by atoms with van der Waals surface area (Å²) in [5, 5.41) is 5.94. The summed E-state index contributed by atoms with van der Waals surface area (Å²) in [7, 11) is 0. The van der Waals surface area contributed by atoms with Gasteiger partial charge in [-0.15, -0.1) is 0 Å². The van der Waals surface area contributed by atoms with E-state index in [0.29, 0.717) is 26.2 Å². The molecule has 0 saturated heterocycles. The molecule has 30 heavy (non-hydrogen) atoms. The van der Waals surface area contributed by atoms with Crippen molar-refractivity contribution in [3.63, 3.8) is 0 Å². The maximum Gasteiger partial charge on any atom is 0.410 e. The molecular weight excluding hydrogens is 390 g/mol. The number of ether oxygens (including phenoxy) is 3. The summed E-state index contributed by atoms with van der Waals surface area (Å²) in [5.41, 5.74) is -1.70. The lowest BCUT2D eigenvalue weighted by Gasteiger charge is -2.27. The van der Waals surface area contributed by atoms with Crippen molar-refractivity contribution in [3.05, 3.63) is 0 Å². The molecule has 0 fully saturated rings. The average Bonchev–Trinajstić information content (AvgIpc) is 2.47. The van der Waals surface area contributed by atoms with Crippen LogP contribution >= 0.6 is 0 Å². The molecule has 0 aliphatic rings. The Morgan fingerprint density at radius 3 is 1.27 bits per heavy atom. The van der Waals surface area contributed by atoms with Gasteiger partial charge in [-0.1, -0.05) is 0 Å². The predicted molar refractivity (Wildman–Crippen MR) is 115 cm³/mol. The highest BCUT2D eigenvalue weighted by Gasteiger charge is 2.22. The molecule has 9 heteroatoms. The fourth-order valence-corrected chi connectivity index (χ4v) is 2.18. The maximum absolute atomic E-state index is 12.5. The summed E-state index contributed by atoms with van der Waals surface area (Å²) >= 11 is 0. The standard InChI is InChI=1S/C21H41N3O6/c1-19(2,3)28-16(25)14-22-10-12-24(18(27)30-21(7,8)9)13-11-23-15-17(26)29-20(4,5)6/h22-23H,10-15H2,1-9H3. The molecular formula is C21H41N3O6. The number of esters is 2. The molecule has 0 aromatic rings. The Morgan fingerprint density at radius 2 is 0.967 bits per heavy atom. The molecule has 1 amide bonds. The van der Waals surface area contributed by atoms with Crippen molar-refractivity contribution in [1.29, 1.82) is 0 Å². The van der Waals surface area contributed by atoms with Crippen LogP contribution < -0.4 is 10.6 Å². The number of carbonyl (C=O) groups is 3. The van der Waals surface area contributed by atoms with Gasteiger partial charge in [0.05, 0.1) is 13.1 Å². The molecule has 176 valence electrons. The molecule has 0 heterocycles. The molecule has 0 aliphatic carbocycles. The van der Waals surface area contributed by atoms with Crippen molar-refractivity contribution in [2.75, 3.05) is 39.3 Å². The lowest BCUT2D eigenvalue weighted by molar-refractivity contribution is -0.154. The number of nitrogens with one attached hydrogen (secondary N) is 2. The molecule has 0 rings (SSSR count). The van der Waals surface area contributed by atoms with E-state index in [0.717, 1.165) is 0 Å². The highest BCUT2D eigenvalue weighted by molar-refractivity contribution is 5.72. The van der Waals surface area contributed by atoms with E-state index in [1.54, 1.807) is 62.3 Å². The fraction of sp³-hybridized carbons (Fsp3) is 0.857. The van der Waals surface area contributed by atoms with Crippen LogP contribution in [0.2, 0.25) is 0 Å². The first-order valence-corrected chi connectivity index (χ1v) is 10.3. The minimum Gasteiger partial charge on any atom is -0.459 e. The molecule has 9 nitrogen and oxygen atoms in total. The van der Waals surface area contributed by atoms with Crippen molar-refractivity contribution in [2.45, 2.75) is 79.1 Å². The molecule has 0 spiro atoms. The topological polar surface area (TPSA) is 106 Å². The van der Waals surface area contributed by atoms with Gasteiger partial charge in [-0.3, -0.25) is 9.59 Å². The summed E-state index contributed by atoms with van der Waals surface area (Å²) in [4.78, 5) is 37.5. The Bertz CT molecular complexity index is 523. The minimum absolute atomic E-state index is 0.0519. The van der Waals surface area contributed by atoms with Crippen LogP contribution in [-0.2, 0) is 23.8 Å². The summed E-state index contributed by atoms with van der Waals surface area (Å²) < 4.78 is 15.9. The fourth-order valence-electron chi connectivity index (χ4n) is 2.18. The van der Waals surface area contributed by atoms with Gasteiger partial charge in [0.15, 0.2) is 0 Å². The third-order valence-corrected chi connectivity index (χ3v) is 3.15. The molecule has 0 aromatic carbocycles. The van der Waals surface area contributed by atoms with Crippen LogP contribution in [-0.4, -0.2) is 79.0 Å². The molecule has 2 N–H and O–H groups in total. The van der Waals surface area contributed by atoms with Crippen molar-refractivity contribution >= 4 is 18.0 Å². The smallest absolute Gasteiger partial charge is 0.410 e. The third-order valence-electron chi connectivity index (χ3n) is 3.15. The van der Waals surface area contributed by atoms with E-state index in [2.05, 4.69) is 10.6 Å². The van der Waals surface area contributed by atoms with Crippen LogP contribution in [0.1, 0.15) is 62.3 Å². The van der Waals surface area contributed by atoms with Crippen molar-refractivity contribution in [2.24, 2.45) is 0 Å². The minimum atomic E-state index is -0.622. The van der Waals surface area contributed by atoms with Gasteiger partial charge in [-0.2, -0.15) is 0 Å². The van der Waals surface area contributed by atoms with Crippen LogP contribution in [0.3, 0.4) is 0 Å². The number of rotatable bonds is 10. The summed E-state index contributed by atoms with van der Waals surface area (Å²) in [6, 6.07) is 0. The van der Waals surface area contributed by atoms with E-state index < -0.39 is 22.9 Å². The monoisotopic (exact) mass is 431 g/mol. The Balaban J connectivity index is 4.51. The largest absolute Gasteiger partial charge is 0.459 e. The lowest BCUT2D eigenvalue weighted by atomic mass is 10.2. The van der Waals surface area contributed by atoms with Crippen molar-refractivity contribution in [3.8, 4) is 0 Å². The number of hydrogen-bond acceptors (Lipinski definition) is 8. The van der Waals surface area contributed by atoms with Gasteiger partial charge in [0.1, 0.15) is 16.8 Å². The summed E-state index contributed by atoms with van der Waals surface area (Å²) in [6.07, 6.45) is -0.458. The SMILES string of the molecule is CC(C)(C)OC(=O)CNCCN(CCNCC(=O)OC(C)(C)C)C(=O)OC(C)(C)C. The van der Waals surface area contributed by atoms with Gasteiger partial charge < -0.3 is 29.7 Å². The molecule has 0 saturated carbocycles. The van der Waals surface area contributed by atoms with E-state index in [1.807, 2.05) is 0 Å². The van der Waals surface area contributed by atoms with Crippen molar-refractivity contribution in [1.82, 2.24) is 15.5 Å². The van der Waals surface area contributed by atoms with Gasteiger partial charge in [0.25, 0.3) is 0 Å².